The highest BCUT2D eigenvalue weighted by Crippen LogP contribution is 2.36. The molecule has 30 heavy (non-hydrogen) atoms. The van der Waals surface area contributed by atoms with Crippen molar-refractivity contribution in [1.29, 1.82) is 0 Å². The maximum atomic E-state index is 14.5. The Morgan fingerprint density at radius 3 is 2.50 bits per heavy atom. The van der Waals surface area contributed by atoms with Gasteiger partial charge in [0.25, 0.3) is 5.91 Å². The molecule has 0 fully saturated rings. The Morgan fingerprint density at radius 1 is 1.20 bits per heavy atom. The van der Waals surface area contributed by atoms with Gasteiger partial charge in [0, 0.05) is 23.9 Å². The largest absolute Gasteiger partial charge is 0.464 e. The van der Waals surface area contributed by atoms with Gasteiger partial charge >= 0.3 is 16.3 Å². The van der Waals surface area contributed by atoms with Crippen LogP contribution in [0.15, 0.2) is 30.3 Å². The van der Waals surface area contributed by atoms with E-state index < -0.39 is 39.9 Å². The number of nitrogens with zero attached hydrogens (tertiary/aromatic N) is 1. The smallest absolute Gasteiger partial charge is 0.421 e. The van der Waals surface area contributed by atoms with Gasteiger partial charge in [-0.25, -0.2) is 13.6 Å². The molecule has 0 saturated carbocycles. The second-order valence-corrected chi connectivity index (χ2v) is 8.68. The van der Waals surface area contributed by atoms with E-state index in [1.165, 1.54) is 18.2 Å². The van der Waals surface area contributed by atoms with E-state index in [1.807, 2.05) is 0 Å². The SMILES string of the molecule is CN(C(=O)O)S(=O)(=O)NC1CCc2c(C(=O)Nc3ccc(F)c(Cl)c3)ccc(F)c21. The minimum absolute atomic E-state index is 0.0258. The average Bonchev–Trinajstić information content (AvgIpc) is 3.08. The lowest BCUT2D eigenvalue weighted by atomic mass is 10.0. The van der Waals surface area contributed by atoms with Gasteiger partial charge in [-0.15, -0.1) is 0 Å². The van der Waals surface area contributed by atoms with Crippen LogP contribution < -0.4 is 10.0 Å². The predicted octanol–water partition coefficient (Wildman–Crippen LogP) is 3.30. The van der Waals surface area contributed by atoms with E-state index in [0.29, 0.717) is 5.56 Å². The first kappa shape index (κ1) is 21.9. The number of fused-ring (bicyclic) bond motifs is 1. The molecule has 2 amide bonds. The fourth-order valence-electron chi connectivity index (χ4n) is 3.18. The number of carboxylic acid groups (broad SMARTS) is 1. The first-order valence-electron chi connectivity index (χ1n) is 8.58. The van der Waals surface area contributed by atoms with Crippen LogP contribution in [0.25, 0.3) is 0 Å². The molecule has 0 radical (unpaired) electrons. The van der Waals surface area contributed by atoms with Gasteiger partial charge < -0.3 is 10.4 Å². The zero-order chi connectivity index (χ0) is 22.2. The molecule has 0 aromatic heterocycles. The molecule has 2 aromatic carbocycles. The van der Waals surface area contributed by atoms with Crippen LogP contribution in [-0.4, -0.2) is 36.9 Å². The number of carbonyl (C=O) groups excluding carboxylic acids is 1. The van der Waals surface area contributed by atoms with Crippen LogP contribution in [0.5, 0.6) is 0 Å². The van der Waals surface area contributed by atoms with Crippen molar-refractivity contribution in [3.63, 3.8) is 0 Å². The molecule has 0 bridgehead atoms. The fraction of sp³-hybridized carbons (Fsp3) is 0.222. The Morgan fingerprint density at radius 2 is 1.87 bits per heavy atom. The lowest BCUT2D eigenvalue weighted by Gasteiger charge is -2.20. The number of benzene rings is 2. The molecule has 0 aliphatic heterocycles. The summed E-state index contributed by atoms with van der Waals surface area (Å²) in [5, 5.41) is 11.2. The summed E-state index contributed by atoms with van der Waals surface area (Å²) in [6.07, 6.45) is -1.39. The van der Waals surface area contributed by atoms with Crippen LogP contribution in [0.4, 0.5) is 19.3 Å². The Hall–Kier alpha value is -2.76. The summed E-state index contributed by atoms with van der Waals surface area (Å²) in [7, 11) is -3.58. The van der Waals surface area contributed by atoms with Crippen LogP contribution >= 0.6 is 11.6 Å². The molecule has 3 rings (SSSR count). The van der Waals surface area contributed by atoms with E-state index in [1.54, 1.807) is 0 Å². The van der Waals surface area contributed by atoms with E-state index in [9.17, 15) is 26.8 Å². The number of rotatable bonds is 5. The number of amides is 2. The summed E-state index contributed by atoms with van der Waals surface area (Å²) in [4.78, 5) is 23.6. The van der Waals surface area contributed by atoms with Gasteiger partial charge in [-0.1, -0.05) is 11.6 Å². The summed E-state index contributed by atoms with van der Waals surface area (Å²) in [6, 6.07) is 4.85. The normalized spacial score (nSPS) is 15.5. The molecular formula is C18H16ClF2N3O5S. The predicted molar refractivity (Wildman–Crippen MR) is 105 cm³/mol. The number of carbonyl (C=O) groups is 2. The van der Waals surface area contributed by atoms with Crippen LogP contribution in [0.3, 0.4) is 0 Å². The van der Waals surface area contributed by atoms with Crippen molar-refractivity contribution in [2.75, 3.05) is 12.4 Å². The summed E-state index contributed by atoms with van der Waals surface area (Å²) < 4.78 is 54.3. The standard InChI is InChI=1S/C18H16ClF2N3O5S/c1-24(18(26)27)30(28,29)23-15-7-4-10-11(3-6-14(21)16(10)15)17(25)22-9-2-5-13(20)12(19)8-9/h2-3,5-6,8,15,23H,4,7H2,1H3,(H,22,25)(H,26,27). The van der Waals surface area contributed by atoms with Gasteiger partial charge in [-0.3, -0.25) is 4.79 Å². The molecule has 2 aromatic rings. The van der Waals surface area contributed by atoms with Crippen molar-refractivity contribution in [2.24, 2.45) is 0 Å². The molecular weight excluding hydrogens is 444 g/mol. The molecule has 1 aliphatic rings. The third-order valence-corrected chi connectivity index (χ3v) is 6.43. The number of hydrogen-bond acceptors (Lipinski definition) is 4. The van der Waals surface area contributed by atoms with Gasteiger partial charge in [-0.2, -0.15) is 17.4 Å². The average molecular weight is 460 g/mol. The number of anilines is 1. The molecule has 3 N–H and O–H groups in total. The summed E-state index contributed by atoms with van der Waals surface area (Å²) in [5.41, 5.74) is 0.608. The Kier molecular flexibility index (Phi) is 5.97. The molecule has 0 spiro atoms. The zero-order valence-corrected chi connectivity index (χ0v) is 17.0. The lowest BCUT2D eigenvalue weighted by molar-refractivity contribution is 0.102. The first-order chi connectivity index (χ1) is 14.0. The van der Waals surface area contributed by atoms with Gasteiger partial charge in [0.05, 0.1) is 11.1 Å². The van der Waals surface area contributed by atoms with E-state index in [0.717, 1.165) is 19.2 Å². The molecule has 12 heteroatoms. The van der Waals surface area contributed by atoms with E-state index >= 15 is 0 Å². The maximum absolute atomic E-state index is 14.5. The van der Waals surface area contributed by atoms with Gasteiger partial charge in [-0.05, 0) is 48.7 Å². The lowest BCUT2D eigenvalue weighted by Crippen LogP contribution is -2.42. The minimum atomic E-state index is -4.43. The van der Waals surface area contributed by atoms with Gasteiger partial charge in [0.2, 0.25) is 0 Å². The van der Waals surface area contributed by atoms with Crippen molar-refractivity contribution in [3.05, 3.63) is 63.7 Å². The molecule has 0 heterocycles. The van der Waals surface area contributed by atoms with Crippen molar-refractivity contribution >= 4 is 39.5 Å². The highest BCUT2D eigenvalue weighted by Gasteiger charge is 2.34. The van der Waals surface area contributed by atoms with Crippen LogP contribution in [0.1, 0.15) is 33.9 Å². The van der Waals surface area contributed by atoms with Crippen LogP contribution in [0, 0.1) is 11.6 Å². The molecule has 8 nitrogen and oxygen atoms in total. The quantitative estimate of drug-likeness (QED) is 0.634. The van der Waals surface area contributed by atoms with Crippen LogP contribution in [-0.2, 0) is 16.6 Å². The minimum Gasteiger partial charge on any atom is -0.464 e. The maximum Gasteiger partial charge on any atom is 0.421 e. The summed E-state index contributed by atoms with van der Waals surface area (Å²) >= 11 is 5.70. The van der Waals surface area contributed by atoms with Gasteiger partial charge in [0.1, 0.15) is 11.6 Å². The third kappa shape index (κ3) is 4.23. The summed E-state index contributed by atoms with van der Waals surface area (Å²) in [5.74, 6) is -1.99. The second kappa shape index (κ2) is 8.17. The van der Waals surface area contributed by atoms with Crippen molar-refractivity contribution in [1.82, 2.24) is 9.03 Å². The molecule has 0 saturated heterocycles. The zero-order valence-electron chi connectivity index (χ0n) is 15.4. The number of halogens is 3. The molecule has 1 unspecified atom stereocenters. The van der Waals surface area contributed by atoms with Gasteiger partial charge in [0.15, 0.2) is 0 Å². The van der Waals surface area contributed by atoms with E-state index in [4.69, 9.17) is 16.7 Å². The Bertz CT molecular complexity index is 1140. The van der Waals surface area contributed by atoms with Crippen molar-refractivity contribution < 1.29 is 31.9 Å². The van der Waals surface area contributed by atoms with E-state index in [-0.39, 0.29) is 39.0 Å². The van der Waals surface area contributed by atoms with Crippen molar-refractivity contribution in [2.45, 2.75) is 18.9 Å². The Labute approximate surface area is 175 Å². The highest BCUT2D eigenvalue weighted by molar-refractivity contribution is 7.87. The molecule has 1 aliphatic carbocycles. The third-order valence-electron chi connectivity index (χ3n) is 4.68. The number of nitrogens with one attached hydrogen (secondary N) is 2. The monoisotopic (exact) mass is 459 g/mol. The second-order valence-electron chi connectivity index (χ2n) is 6.53. The first-order valence-corrected chi connectivity index (χ1v) is 10.4. The molecule has 1 atom stereocenters. The van der Waals surface area contributed by atoms with Crippen LogP contribution in [0.2, 0.25) is 5.02 Å². The highest BCUT2D eigenvalue weighted by atomic mass is 35.5. The molecule has 160 valence electrons. The summed E-state index contributed by atoms with van der Waals surface area (Å²) in [6.45, 7) is 0. The Balaban J connectivity index is 1.89. The van der Waals surface area contributed by atoms with Crippen molar-refractivity contribution in [3.8, 4) is 0 Å². The topological polar surface area (TPSA) is 116 Å². The fourth-order valence-corrected chi connectivity index (χ4v) is 4.32. The number of hydrogen-bond donors (Lipinski definition) is 3. The van der Waals surface area contributed by atoms with E-state index in [2.05, 4.69) is 10.0 Å².